The van der Waals surface area contributed by atoms with E-state index in [1.54, 1.807) is 6.07 Å². The monoisotopic (exact) mass is 304 g/mol. The van der Waals surface area contributed by atoms with Gasteiger partial charge < -0.3 is 4.74 Å². The highest BCUT2D eigenvalue weighted by atomic mass is 35.5. The molecule has 0 spiro atoms. The fourth-order valence-corrected chi connectivity index (χ4v) is 2.88. The first-order valence-corrected chi connectivity index (χ1v) is 6.92. The van der Waals surface area contributed by atoms with E-state index in [0.29, 0.717) is 30.2 Å². The van der Waals surface area contributed by atoms with Gasteiger partial charge in [-0.25, -0.2) is 4.98 Å². The molecule has 1 aromatic heterocycles. The van der Waals surface area contributed by atoms with Gasteiger partial charge in [-0.2, -0.15) is 5.26 Å². The second kappa shape index (κ2) is 5.41. The van der Waals surface area contributed by atoms with E-state index in [9.17, 15) is 5.26 Å². The number of hydrogen-bond donors (Lipinski definition) is 0. The molecule has 2 heterocycles. The Morgan fingerprint density at radius 1 is 1.25 bits per heavy atom. The van der Waals surface area contributed by atoms with Crippen LogP contribution in [-0.2, 0) is 17.8 Å². The average molecular weight is 305 g/mol. The molecule has 0 unspecified atom stereocenters. The molecular formula is C15H10Cl2N2O. The highest BCUT2D eigenvalue weighted by Crippen LogP contribution is 2.38. The zero-order valence-corrected chi connectivity index (χ0v) is 12.0. The van der Waals surface area contributed by atoms with E-state index in [0.717, 1.165) is 22.4 Å². The molecule has 0 amide bonds. The van der Waals surface area contributed by atoms with Crippen LogP contribution in [0.25, 0.3) is 11.1 Å². The van der Waals surface area contributed by atoms with E-state index in [1.807, 2.05) is 18.2 Å². The van der Waals surface area contributed by atoms with Crippen molar-refractivity contribution in [1.82, 2.24) is 4.98 Å². The van der Waals surface area contributed by atoms with Crippen LogP contribution in [0.15, 0.2) is 24.3 Å². The van der Waals surface area contributed by atoms with E-state index >= 15 is 0 Å². The number of fused-ring (bicyclic) bond motifs is 1. The van der Waals surface area contributed by atoms with E-state index in [2.05, 4.69) is 11.1 Å². The van der Waals surface area contributed by atoms with Crippen LogP contribution in [-0.4, -0.2) is 11.6 Å². The van der Waals surface area contributed by atoms with Gasteiger partial charge in [0.25, 0.3) is 0 Å². The third-order valence-corrected chi connectivity index (χ3v) is 3.93. The van der Waals surface area contributed by atoms with Crippen molar-refractivity contribution in [3.05, 3.63) is 51.3 Å². The zero-order chi connectivity index (χ0) is 14.1. The van der Waals surface area contributed by atoms with Crippen LogP contribution in [0.2, 0.25) is 10.2 Å². The minimum atomic E-state index is 0.225. The Bertz CT molecular complexity index is 723. The van der Waals surface area contributed by atoms with Gasteiger partial charge in [0.2, 0.25) is 0 Å². The van der Waals surface area contributed by atoms with Crippen LogP contribution >= 0.6 is 23.2 Å². The van der Waals surface area contributed by atoms with Crippen LogP contribution in [0, 0.1) is 11.3 Å². The van der Waals surface area contributed by atoms with Crippen molar-refractivity contribution in [2.75, 3.05) is 6.61 Å². The van der Waals surface area contributed by atoms with Crippen molar-refractivity contribution in [1.29, 1.82) is 5.26 Å². The fourth-order valence-electron chi connectivity index (χ4n) is 2.41. The van der Waals surface area contributed by atoms with Crippen LogP contribution in [0.3, 0.4) is 0 Å². The van der Waals surface area contributed by atoms with Crippen molar-refractivity contribution < 1.29 is 4.74 Å². The van der Waals surface area contributed by atoms with Crippen LogP contribution in [0.4, 0.5) is 0 Å². The minimum absolute atomic E-state index is 0.225. The first kappa shape index (κ1) is 13.4. The summed E-state index contributed by atoms with van der Waals surface area (Å²) in [6, 6.07) is 9.54. The molecule has 100 valence electrons. The predicted molar refractivity (Wildman–Crippen MR) is 77.8 cm³/mol. The number of aromatic nitrogens is 1. The number of hydrogen-bond acceptors (Lipinski definition) is 3. The molecule has 0 atom stereocenters. The molecule has 0 saturated carbocycles. The normalized spacial score (nSPS) is 13.7. The molecule has 5 heteroatoms. The summed E-state index contributed by atoms with van der Waals surface area (Å²) in [4.78, 5) is 4.32. The van der Waals surface area contributed by atoms with Gasteiger partial charge in [0.05, 0.1) is 24.5 Å². The Kier molecular flexibility index (Phi) is 3.62. The Hall–Kier alpha value is -1.60. The molecule has 3 rings (SSSR count). The van der Waals surface area contributed by atoms with Gasteiger partial charge in [0.1, 0.15) is 11.2 Å². The Morgan fingerprint density at radius 2 is 2.05 bits per heavy atom. The quantitative estimate of drug-likeness (QED) is 0.748. The molecule has 2 aromatic rings. The highest BCUT2D eigenvalue weighted by Gasteiger charge is 2.23. The van der Waals surface area contributed by atoms with Gasteiger partial charge in [0, 0.05) is 28.1 Å². The zero-order valence-electron chi connectivity index (χ0n) is 10.5. The van der Waals surface area contributed by atoms with E-state index in [1.165, 1.54) is 0 Å². The van der Waals surface area contributed by atoms with Crippen LogP contribution in [0.1, 0.15) is 16.8 Å². The van der Waals surface area contributed by atoms with Crippen molar-refractivity contribution in [3.63, 3.8) is 0 Å². The molecule has 0 radical (unpaired) electrons. The lowest BCUT2D eigenvalue weighted by Gasteiger charge is -2.21. The van der Waals surface area contributed by atoms with E-state index < -0.39 is 0 Å². The average Bonchev–Trinajstić information content (AvgIpc) is 2.46. The molecule has 0 bridgehead atoms. The summed E-state index contributed by atoms with van der Waals surface area (Å²) in [5.41, 5.74) is 3.68. The molecular weight excluding hydrogens is 295 g/mol. The fraction of sp³-hybridized carbons (Fsp3) is 0.200. The Labute approximate surface area is 126 Å². The number of benzene rings is 1. The minimum Gasteiger partial charge on any atom is -0.376 e. The molecule has 0 aliphatic carbocycles. The van der Waals surface area contributed by atoms with Crippen molar-refractivity contribution in [2.24, 2.45) is 0 Å². The second-order valence-corrected chi connectivity index (χ2v) is 5.24. The lowest BCUT2D eigenvalue weighted by molar-refractivity contribution is 0.109. The molecule has 20 heavy (non-hydrogen) atoms. The number of pyridine rings is 1. The second-order valence-electron chi connectivity index (χ2n) is 4.47. The van der Waals surface area contributed by atoms with Gasteiger partial charge in [-0.1, -0.05) is 41.4 Å². The van der Waals surface area contributed by atoms with Crippen LogP contribution in [0.5, 0.6) is 0 Å². The predicted octanol–water partition coefficient (Wildman–Crippen LogP) is 4.00. The highest BCUT2D eigenvalue weighted by molar-refractivity contribution is 6.34. The van der Waals surface area contributed by atoms with Gasteiger partial charge in [-0.05, 0) is 6.07 Å². The van der Waals surface area contributed by atoms with Crippen molar-refractivity contribution in [3.8, 4) is 17.2 Å². The summed E-state index contributed by atoms with van der Waals surface area (Å²) < 4.78 is 5.50. The first-order valence-electron chi connectivity index (χ1n) is 6.16. The Morgan fingerprint density at radius 3 is 2.80 bits per heavy atom. The maximum Gasteiger partial charge on any atom is 0.147 e. The molecule has 1 aliphatic rings. The summed E-state index contributed by atoms with van der Waals surface area (Å²) >= 11 is 12.4. The molecule has 0 saturated heterocycles. The largest absolute Gasteiger partial charge is 0.376 e. The lowest BCUT2D eigenvalue weighted by Crippen LogP contribution is -2.14. The first-order chi connectivity index (χ1) is 9.72. The number of nitrogens with zero attached hydrogens (tertiary/aromatic N) is 2. The summed E-state index contributed by atoms with van der Waals surface area (Å²) in [5.74, 6) is 0. The summed E-state index contributed by atoms with van der Waals surface area (Å²) in [6.07, 6.45) is 0.693. The van der Waals surface area contributed by atoms with Gasteiger partial charge >= 0.3 is 0 Å². The number of nitriles is 1. The molecule has 0 N–H and O–H groups in total. The Balaban J connectivity index is 2.36. The van der Waals surface area contributed by atoms with Crippen molar-refractivity contribution >= 4 is 23.2 Å². The molecule has 1 aromatic carbocycles. The summed E-state index contributed by atoms with van der Waals surface area (Å²) in [5, 5.41) is 10.2. The topological polar surface area (TPSA) is 45.9 Å². The lowest BCUT2D eigenvalue weighted by atomic mass is 9.93. The maximum absolute atomic E-state index is 9.39. The number of halogens is 2. The van der Waals surface area contributed by atoms with E-state index in [4.69, 9.17) is 27.9 Å². The van der Waals surface area contributed by atoms with Gasteiger partial charge in [-0.3, -0.25) is 0 Å². The van der Waals surface area contributed by atoms with Crippen molar-refractivity contribution in [2.45, 2.75) is 13.0 Å². The maximum atomic E-state index is 9.39. The summed E-state index contributed by atoms with van der Waals surface area (Å²) in [7, 11) is 0. The number of rotatable bonds is 1. The van der Waals surface area contributed by atoms with Crippen LogP contribution < -0.4 is 0 Å². The van der Waals surface area contributed by atoms with Gasteiger partial charge in [0.15, 0.2) is 0 Å². The third kappa shape index (κ3) is 2.16. The van der Waals surface area contributed by atoms with E-state index in [-0.39, 0.29) is 5.15 Å². The summed E-state index contributed by atoms with van der Waals surface area (Å²) in [6.45, 7) is 1.04. The third-order valence-electron chi connectivity index (χ3n) is 3.32. The smallest absolute Gasteiger partial charge is 0.147 e. The molecule has 1 aliphatic heterocycles. The molecule has 0 fully saturated rings. The van der Waals surface area contributed by atoms with Gasteiger partial charge in [-0.15, -0.1) is 0 Å². The standard InChI is InChI=1S/C15H10Cl2N2O/c16-12-4-2-1-3-9(12)14-10(7-18)15(17)19-13-5-6-20-8-11(13)14/h1-4H,5-6,8H2. The number of ether oxygens (including phenoxy) is 1. The SMILES string of the molecule is N#Cc1c(Cl)nc2c(c1-c1ccccc1Cl)COCC2. The molecule has 3 nitrogen and oxygen atoms in total.